The molecule has 0 unspecified atom stereocenters. The smallest absolute Gasteiger partial charge is 0.225 e. The van der Waals surface area contributed by atoms with Gasteiger partial charge in [0, 0.05) is 36.2 Å². The maximum Gasteiger partial charge on any atom is 0.225 e. The zero-order valence-corrected chi connectivity index (χ0v) is 15.0. The molecule has 1 saturated heterocycles. The van der Waals surface area contributed by atoms with Crippen molar-refractivity contribution < 1.29 is 9.18 Å². The maximum absolute atomic E-state index is 14.1. The molecular weight excluding hydrogens is 327 g/mol. The van der Waals surface area contributed by atoms with Gasteiger partial charge in [-0.3, -0.25) is 9.78 Å². The second-order valence-electron chi connectivity index (χ2n) is 7.53. The Hall–Kier alpha value is -2.23. The molecule has 0 radical (unpaired) electrons. The number of nitrogens with zero attached hydrogens (tertiary/aromatic N) is 2. The lowest BCUT2D eigenvalue weighted by atomic mass is 9.92. The number of halogens is 1. The van der Waals surface area contributed by atoms with Crippen molar-refractivity contribution in [3.05, 3.63) is 54.0 Å². The number of piperidine rings is 1. The summed E-state index contributed by atoms with van der Waals surface area (Å²) in [6.45, 7) is 1.60. The largest absolute Gasteiger partial charge is 0.342 e. The number of aromatic nitrogens is 1. The Kier molecular flexibility index (Phi) is 5.00. The average molecular weight is 352 g/mol. The van der Waals surface area contributed by atoms with Gasteiger partial charge in [0.1, 0.15) is 5.82 Å². The highest BCUT2D eigenvalue weighted by Crippen LogP contribution is 2.32. The summed E-state index contributed by atoms with van der Waals surface area (Å²) >= 11 is 0. The summed E-state index contributed by atoms with van der Waals surface area (Å²) in [5.41, 5.74) is 2.17. The highest BCUT2D eigenvalue weighted by atomic mass is 19.1. The first-order chi connectivity index (χ1) is 12.7. The van der Waals surface area contributed by atoms with Gasteiger partial charge in [0.15, 0.2) is 0 Å². The van der Waals surface area contributed by atoms with Crippen LogP contribution in [-0.2, 0) is 4.79 Å². The van der Waals surface area contributed by atoms with E-state index in [-0.39, 0.29) is 17.7 Å². The second kappa shape index (κ2) is 7.56. The van der Waals surface area contributed by atoms with Crippen LogP contribution in [0.3, 0.4) is 0 Å². The third-order valence-electron chi connectivity index (χ3n) is 5.78. The molecule has 0 N–H and O–H groups in total. The van der Waals surface area contributed by atoms with Gasteiger partial charge in [0.2, 0.25) is 5.91 Å². The van der Waals surface area contributed by atoms with E-state index < -0.39 is 0 Å². The molecule has 0 bridgehead atoms. The molecule has 2 fully saturated rings. The molecule has 136 valence electrons. The Morgan fingerprint density at radius 2 is 1.81 bits per heavy atom. The van der Waals surface area contributed by atoms with Crippen molar-refractivity contribution >= 4 is 5.91 Å². The Balaban J connectivity index is 1.53. The lowest BCUT2D eigenvalue weighted by molar-refractivity contribution is -0.136. The summed E-state index contributed by atoms with van der Waals surface area (Å²) in [6, 6.07) is 12.6. The van der Waals surface area contributed by atoms with Crippen LogP contribution in [0.1, 0.15) is 50.1 Å². The van der Waals surface area contributed by atoms with Gasteiger partial charge in [-0.1, -0.05) is 31.0 Å². The van der Waals surface area contributed by atoms with E-state index in [1.54, 1.807) is 12.1 Å². The molecule has 1 amide bonds. The molecule has 26 heavy (non-hydrogen) atoms. The van der Waals surface area contributed by atoms with E-state index in [4.69, 9.17) is 4.98 Å². The number of amides is 1. The van der Waals surface area contributed by atoms with E-state index in [0.717, 1.165) is 44.5 Å². The molecule has 4 heteroatoms. The summed E-state index contributed by atoms with van der Waals surface area (Å²) in [5.74, 6) is 0.545. The highest BCUT2D eigenvalue weighted by Gasteiger charge is 2.31. The molecule has 1 aromatic carbocycles. The third kappa shape index (κ3) is 3.50. The SMILES string of the molecule is O=C(C1CCCC1)N1CCC[C@@H](c2cccc(-c3ccccc3F)n2)C1. The monoisotopic (exact) mass is 352 g/mol. The summed E-state index contributed by atoms with van der Waals surface area (Å²) in [6.07, 6.45) is 6.48. The van der Waals surface area contributed by atoms with E-state index in [0.29, 0.717) is 17.2 Å². The number of likely N-dealkylation sites (tertiary alicyclic amines) is 1. The lowest BCUT2D eigenvalue weighted by Gasteiger charge is -2.34. The zero-order valence-electron chi connectivity index (χ0n) is 15.0. The number of hydrogen-bond acceptors (Lipinski definition) is 2. The van der Waals surface area contributed by atoms with Crippen molar-refractivity contribution in [1.82, 2.24) is 9.88 Å². The van der Waals surface area contributed by atoms with E-state index >= 15 is 0 Å². The fourth-order valence-electron chi connectivity index (χ4n) is 4.35. The zero-order chi connectivity index (χ0) is 17.9. The van der Waals surface area contributed by atoms with E-state index in [2.05, 4.69) is 0 Å². The first-order valence-electron chi connectivity index (χ1n) is 9.73. The second-order valence-corrected chi connectivity index (χ2v) is 7.53. The number of carbonyl (C=O) groups excluding carboxylic acids is 1. The molecule has 1 aliphatic heterocycles. The van der Waals surface area contributed by atoms with Crippen LogP contribution in [0.4, 0.5) is 4.39 Å². The van der Waals surface area contributed by atoms with Crippen LogP contribution in [0.5, 0.6) is 0 Å². The molecule has 0 spiro atoms. The van der Waals surface area contributed by atoms with Gasteiger partial charge in [-0.15, -0.1) is 0 Å². The molecule has 2 aliphatic rings. The number of carbonyl (C=O) groups is 1. The van der Waals surface area contributed by atoms with Crippen LogP contribution in [0.25, 0.3) is 11.3 Å². The number of rotatable bonds is 3. The molecule has 2 aromatic rings. The minimum absolute atomic E-state index is 0.228. The van der Waals surface area contributed by atoms with Gasteiger partial charge in [0.05, 0.1) is 5.69 Å². The average Bonchev–Trinajstić information content (AvgIpc) is 3.23. The normalized spacial score (nSPS) is 21.1. The quantitative estimate of drug-likeness (QED) is 0.796. The molecule has 1 aromatic heterocycles. The Bertz CT molecular complexity index is 785. The van der Waals surface area contributed by atoms with Crippen molar-refractivity contribution in [3.8, 4) is 11.3 Å². The predicted molar refractivity (Wildman–Crippen MR) is 100 cm³/mol. The van der Waals surface area contributed by atoms with Crippen LogP contribution in [0, 0.1) is 11.7 Å². The number of hydrogen-bond donors (Lipinski definition) is 0. The molecular formula is C22H25FN2O. The minimum Gasteiger partial charge on any atom is -0.342 e. The number of pyridine rings is 1. The van der Waals surface area contributed by atoms with E-state index in [9.17, 15) is 9.18 Å². The van der Waals surface area contributed by atoms with E-state index in [1.165, 1.54) is 18.9 Å². The molecule has 1 aliphatic carbocycles. The first kappa shape index (κ1) is 17.2. The minimum atomic E-state index is -0.251. The fourth-order valence-corrected chi connectivity index (χ4v) is 4.35. The topological polar surface area (TPSA) is 33.2 Å². The molecule has 4 rings (SSSR count). The fraction of sp³-hybridized carbons (Fsp3) is 0.455. The van der Waals surface area contributed by atoms with Crippen LogP contribution in [0.15, 0.2) is 42.5 Å². The summed E-state index contributed by atoms with van der Waals surface area (Å²) in [7, 11) is 0. The summed E-state index contributed by atoms with van der Waals surface area (Å²) in [4.78, 5) is 19.6. The van der Waals surface area contributed by atoms with Crippen LogP contribution in [-0.4, -0.2) is 28.9 Å². The van der Waals surface area contributed by atoms with Gasteiger partial charge >= 0.3 is 0 Å². The Morgan fingerprint density at radius 3 is 2.62 bits per heavy atom. The van der Waals surface area contributed by atoms with Gasteiger partial charge in [0.25, 0.3) is 0 Å². The van der Waals surface area contributed by atoms with Gasteiger partial charge in [-0.05, 0) is 49.9 Å². The van der Waals surface area contributed by atoms with Gasteiger partial charge < -0.3 is 4.90 Å². The molecule has 1 atom stereocenters. The highest BCUT2D eigenvalue weighted by molar-refractivity contribution is 5.79. The Morgan fingerprint density at radius 1 is 1.00 bits per heavy atom. The predicted octanol–water partition coefficient (Wildman–Crippen LogP) is 4.78. The van der Waals surface area contributed by atoms with Crippen molar-refractivity contribution in [3.63, 3.8) is 0 Å². The van der Waals surface area contributed by atoms with Crippen molar-refractivity contribution in [2.24, 2.45) is 5.92 Å². The standard InChI is InChI=1S/C22H25FN2O/c23-19-11-4-3-10-18(19)21-13-5-12-20(24-21)17-9-6-14-25(15-17)22(26)16-7-1-2-8-16/h3-5,10-13,16-17H,1-2,6-9,14-15H2/t17-/m1/s1. The van der Waals surface area contributed by atoms with Gasteiger partial charge in [-0.25, -0.2) is 4.39 Å². The van der Waals surface area contributed by atoms with E-state index in [1.807, 2.05) is 29.2 Å². The maximum atomic E-state index is 14.1. The van der Waals surface area contributed by atoms with Crippen molar-refractivity contribution in [2.45, 2.75) is 44.4 Å². The van der Waals surface area contributed by atoms with Crippen LogP contribution < -0.4 is 0 Å². The lowest BCUT2D eigenvalue weighted by Crippen LogP contribution is -2.42. The van der Waals surface area contributed by atoms with Gasteiger partial charge in [-0.2, -0.15) is 0 Å². The summed E-state index contributed by atoms with van der Waals surface area (Å²) in [5, 5.41) is 0. The molecule has 3 nitrogen and oxygen atoms in total. The Labute approximate surface area is 154 Å². The van der Waals surface area contributed by atoms with Crippen molar-refractivity contribution in [2.75, 3.05) is 13.1 Å². The van der Waals surface area contributed by atoms with Crippen LogP contribution in [0.2, 0.25) is 0 Å². The third-order valence-corrected chi connectivity index (χ3v) is 5.78. The van der Waals surface area contributed by atoms with Crippen LogP contribution >= 0.6 is 0 Å². The molecule has 1 saturated carbocycles. The molecule has 2 heterocycles. The summed E-state index contributed by atoms with van der Waals surface area (Å²) < 4.78 is 14.1. The number of benzene rings is 1. The first-order valence-corrected chi connectivity index (χ1v) is 9.73. The van der Waals surface area contributed by atoms with Crippen molar-refractivity contribution in [1.29, 1.82) is 0 Å².